The van der Waals surface area contributed by atoms with Crippen molar-refractivity contribution in [2.75, 3.05) is 13.7 Å². The number of hydrogen-bond acceptors (Lipinski definition) is 3. The van der Waals surface area contributed by atoms with Crippen LogP contribution in [-0.2, 0) is 6.42 Å². The van der Waals surface area contributed by atoms with Crippen molar-refractivity contribution in [3.63, 3.8) is 0 Å². The normalized spacial score (nSPS) is 14.8. The van der Waals surface area contributed by atoms with Gasteiger partial charge < -0.3 is 10.1 Å². The van der Waals surface area contributed by atoms with E-state index in [0.29, 0.717) is 6.61 Å². The quantitative estimate of drug-likeness (QED) is 0.918. The lowest BCUT2D eigenvalue weighted by atomic mass is 9.97. The molecule has 1 aromatic carbocycles. The van der Waals surface area contributed by atoms with Crippen LogP contribution >= 0.6 is 0 Å². The number of ether oxygens (including phenoxy) is 1. The molecule has 2 aromatic rings. The summed E-state index contributed by atoms with van der Waals surface area (Å²) < 4.78 is 19.0. The molecule has 1 aliphatic rings. The second-order valence-corrected chi connectivity index (χ2v) is 4.59. The van der Waals surface area contributed by atoms with Crippen LogP contribution in [0.3, 0.4) is 0 Å². The van der Waals surface area contributed by atoms with Crippen molar-refractivity contribution in [2.45, 2.75) is 12.5 Å². The van der Waals surface area contributed by atoms with E-state index in [9.17, 15) is 4.39 Å². The monoisotopic (exact) mass is 258 g/mol. The highest BCUT2D eigenvalue weighted by atomic mass is 19.1. The highest BCUT2D eigenvalue weighted by Gasteiger charge is 2.22. The molecule has 0 fully saturated rings. The van der Waals surface area contributed by atoms with Crippen LogP contribution in [0.4, 0.5) is 4.39 Å². The Balaban J connectivity index is 2.06. The second kappa shape index (κ2) is 4.97. The van der Waals surface area contributed by atoms with E-state index in [1.807, 2.05) is 19.2 Å². The van der Waals surface area contributed by atoms with Gasteiger partial charge in [0.25, 0.3) is 0 Å². The number of para-hydroxylation sites is 1. The smallest absolute Gasteiger partial charge is 0.141 e. The molecule has 3 rings (SSSR count). The van der Waals surface area contributed by atoms with Crippen molar-refractivity contribution in [3.05, 3.63) is 59.2 Å². The second-order valence-electron chi connectivity index (χ2n) is 4.59. The summed E-state index contributed by atoms with van der Waals surface area (Å²) in [5, 5.41) is 3.20. The molecular weight excluding hydrogens is 243 g/mol. The zero-order valence-corrected chi connectivity index (χ0v) is 10.7. The number of nitrogens with zero attached hydrogens (tertiary/aromatic N) is 1. The summed E-state index contributed by atoms with van der Waals surface area (Å²) in [7, 11) is 1.85. The SMILES string of the molecule is CNC(c1cncc(F)c1)c1cccc2c1OCC2. The van der Waals surface area contributed by atoms with Gasteiger partial charge in [0.05, 0.1) is 18.8 Å². The van der Waals surface area contributed by atoms with Gasteiger partial charge in [-0.3, -0.25) is 4.98 Å². The summed E-state index contributed by atoms with van der Waals surface area (Å²) in [5.74, 6) is 0.595. The van der Waals surface area contributed by atoms with Crippen LogP contribution in [0.15, 0.2) is 36.7 Å². The lowest BCUT2D eigenvalue weighted by Crippen LogP contribution is -2.18. The van der Waals surface area contributed by atoms with Gasteiger partial charge in [-0.2, -0.15) is 0 Å². The molecule has 2 heterocycles. The van der Waals surface area contributed by atoms with Gasteiger partial charge in [-0.25, -0.2) is 4.39 Å². The van der Waals surface area contributed by atoms with Crippen LogP contribution in [0.1, 0.15) is 22.7 Å². The van der Waals surface area contributed by atoms with E-state index < -0.39 is 0 Å². The molecule has 19 heavy (non-hydrogen) atoms. The maximum absolute atomic E-state index is 13.3. The Morgan fingerprint density at radius 2 is 2.26 bits per heavy atom. The van der Waals surface area contributed by atoms with Crippen molar-refractivity contribution in [1.29, 1.82) is 0 Å². The molecule has 0 aliphatic carbocycles. The van der Waals surface area contributed by atoms with Gasteiger partial charge in [0, 0.05) is 18.2 Å². The topological polar surface area (TPSA) is 34.2 Å². The molecular formula is C15H15FN2O. The van der Waals surface area contributed by atoms with Crippen molar-refractivity contribution in [1.82, 2.24) is 10.3 Å². The predicted molar refractivity (Wildman–Crippen MR) is 70.7 cm³/mol. The minimum atomic E-state index is -0.328. The van der Waals surface area contributed by atoms with Crippen LogP contribution in [0.5, 0.6) is 5.75 Å². The first kappa shape index (κ1) is 12.1. The van der Waals surface area contributed by atoms with Crippen molar-refractivity contribution >= 4 is 0 Å². The van der Waals surface area contributed by atoms with E-state index in [-0.39, 0.29) is 11.9 Å². The van der Waals surface area contributed by atoms with Crippen LogP contribution < -0.4 is 10.1 Å². The number of benzene rings is 1. The molecule has 0 amide bonds. The van der Waals surface area contributed by atoms with Gasteiger partial charge in [0.2, 0.25) is 0 Å². The molecule has 0 spiro atoms. The van der Waals surface area contributed by atoms with Gasteiger partial charge in [-0.1, -0.05) is 18.2 Å². The maximum atomic E-state index is 13.3. The Bertz CT molecular complexity index is 600. The molecule has 0 radical (unpaired) electrons. The average molecular weight is 258 g/mol. The van der Waals surface area contributed by atoms with Crippen LogP contribution in [0.2, 0.25) is 0 Å². The van der Waals surface area contributed by atoms with E-state index in [0.717, 1.165) is 23.3 Å². The third-order valence-corrected chi connectivity index (χ3v) is 3.40. The fraction of sp³-hybridized carbons (Fsp3) is 0.267. The Labute approximate surface area is 111 Å². The lowest BCUT2D eigenvalue weighted by Gasteiger charge is -2.19. The van der Waals surface area contributed by atoms with E-state index in [4.69, 9.17) is 4.74 Å². The number of halogens is 1. The minimum Gasteiger partial charge on any atom is -0.493 e. The van der Waals surface area contributed by atoms with Crippen LogP contribution in [0.25, 0.3) is 0 Å². The summed E-state index contributed by atoms with van der Waals surface area (Å²) in [6.07, 6.45) is 3.82. The molecule has 4 heteroatoms. The maximum Gasteiger partial charge on any atom is 0.141 e. The molecule has 1 unspecified atom stereocenters. The number of hydrogen-bond donors (Lipinski definition) is 1. The fourth-order valence-corrected chi connectivity index (χ4v) is 2.56. The molecule has 1 atom stereocenters. The lowest BCUT2D eigenvalue weighted by molar-refractivity contribution is 0.351. The summed E-state index contributed by atoms with van der Waals surface area (Å²) >= 11 is 0. The van der Waals surface area contributed by atoms with Gasteiger partial charge in [-0.05, 0) is 24.2 Å². The molecule has 0 saturated carbocycles. The fourth-order valence-electron chi connectivity index (χ4n) is 2.56. The summed E-state index contributed by atoms with van der Waals surface area (Å²) in [6, 6.07) is 7.48. The van der Waals surface area contributed by atoms with Gasteiger partial charge in [0.1, 0.15) is 11.6 Å². The van der Waals surface area contributed by atoms with E-state index in [2.05, 4.69) is 16.4 Å². The van der Waals surface area contributed by atoms with E-state index >= 15 is 0 Å². The zero-order chi connectivity index (χ0) is 13.2. The molecule has 0 saturated heterocycles. The summed E-state index contributed by atoms with van der Waals surface area (Å²) in [5.41, 5.74) is 3.04. The Kier molecular flexibility index (Phi) is 3.17. The van der Waals surface area contributed by atoms with Gasteiger partial charge in [-0.15, -0.1) is 0 Å². The average Bonchev–Trinajstić information content (AvgIpc) is 2.89. The Morgan fingerprint density at radius 1 is 1.37 bits per heavy atom. The predicted octanol–water partition coefficient (Wildman–Crippen LogP) is 2.46. The number of rotatable bonds is 3. The third-order valence-electron chi connectivity index (χ3n) is 3.40. The first-order valence-electron chi connectivity index (χ1n) is 6.32. The number of fused-ring (bicyclic) bond motifs is 1. The van der Waals surface area contributed by atoms with Crippen molar-refractivity contribution < 1.29 is 9.13 Å². The molecule has 1 N–H and O–H groups in total. The highest BCUT2D eigenvalue weighted by Crippen LogP contribution is 2.35. The van der Waals surface area contributed by atoms with Gasteiger partial charge in [0.15, 0.2) is 0 Å². The third kappa shape index (κ3) is 2.19. The summed E-state index contributed by atoms with van der Waals surface area (Å²) in [6.45, 7) is 0.712. The van der Waals surface area contributed by atoms with Gasteiger partial charge >= 0.3 is 0 Å². The van der Waals surface area contributed by atoms with Crippen molar-refractivity contribution in [2.24, 2.45) is 0 Å². The van der Waals surface area contributed by atoms with Crippen LogP contribution in [0, 0.1) is 5.82 Å². The van der Waals surface area contributed by atoms with E-state index in [1.54, 1.807) is 6.20 Å². The molecule has 1 aromatic heterocycles. The first-order chi connectivity index (χ1) is 9.29. The molecule has 3 nitrogen and oxygen atoms in total. The Morgan fingerprint density at radius 3 is 3.05 bits per heavy atom. The number of pyridine rings is 1. The Hall–Kier alpha value is -1.94. The number of nitrogens with one attached hydrogen (secondary N) is 1. The standard InChI is InChI=1S/C15H15FN2O/c1-17-14(11-7-12(16)9-18-8-11)13-4-2-3-10-5-6-19-15(10)13/h2-4,7-9,14,17H,5-6H2,1H3. The largest absolute Gasteiger partial charge is 0.493 e. The molecule has 1 aliphatic heterocycles. The van der Waals surface area contributed by atoms with Crippen LogP contribution in [-0.4, -0.2) is 18.6 Å². The number of aromatic nitrogens is 1. The van der Waals surface area contributed by atoms with E-state index in [1.165, 1.54) is 17.8 Å². The highest BCUT2D eigenvalue weighted by molar-refractivity contribution is 5.48. The zero-order valence-electron chi connectivity index (χ0n) is 10.7. The molecule has 0 bridgehead atoms. The minimum absolute atomic E-state index is 0.115. The first-order valence-corrected chi connectivity index (χ1v) is 6.32. The van der Waals surface area contributed by atoms with Crippen molar-refractivity contribution in [3.8, 4) is 5.75 Å². The summed E-state index contributed by atoms with van der Waals surface area (Å²) in [4.78, 5) is 3.92. The molecule has 98 valence electrons.